The first-order chi connectivity index (χ1) is 10.7. The summed E-state index contributed by atoms with van der Waals surface area (Å²) in [7, 11) is 1.72. The number of methoxy groups -OCH3 is 1. The van der Waals surface area contributed by atoms with Crippen molar-refractivity contribution in [2.24, 2.45) is 0 Å². The highest BCUT2D eigenvalue weighted by atomic mass is 16.5. The molecule has 5 nitrogen and oxygen atoms in total. The number of nitrogen functional groups attached to an aromatic ring is 1. The first kappa shape index (κ1) is 14.5. The summed E-state index contributed by atoms with van der Waals surface area (Å²) in [5, 5.41) is 0. The molecule has 2 heterocycles. The highest BCUT2D eigenvalue weighted by Crippen LogP contribution is 2.29. The van der Waals surface area contributed by atoms with Crippen LogP contribution in [0.15, 0.2) is 36.5 Å². The molecule has 0 spiro atoms. The largest absolute Gasteiger partial charge is 0.495 e. The lowest BCUT2D eigenvalue weighted by Crippen LogP contribution is -2.46. The third kappa shape index (κ3) is 2.79. The number of aromatic nitrogens is 1. The number of ether oxygens (including phenoxy) is 1. The molecule has 1 saturated heterocycles. The van der Waals surface area contributed by atoms with E-state index in [1.165, 1.54) is 11.3 Å². The van der Waals surface area contributed by atoms with Crippen LogP contribution in [0.25, 0.3) is 0 Å². The van der Waals surface area contributed by atoms with Gasteiger partial charge in [-0.2, -0.15) is 0 Å². The van der Waals surface area contributed by atoms with Gasteiger partial charge < -0.3 is 20.3 Å². The van der Waals surface area contributed by atoms with Crippen LogP contribution in [0.1, 0.15) is 5.56 Å². The number of hydrogen-bond donors (Lipinski definition) is 1. The molecular formula is C17H22N4O. The zero-order valence-corrected chi connectivity index (χ0v) is 13.1. The number of hydrogen-bond acceptors (Lipinski definition) is 5. The van der Waals surface area contributed by atoms with Crippen molar-refractivity contribution in [1.82, 2.24) is 4.98 Å². The highest BCUT2D eigenvalue weighted by Gasteiger charge is 2.20. The number of pyridine rings is 1. The fraction of sp³-hybridized carbons (Fsp3) is 0.353. The fourth-order valence-corrected chi connectivity index (χ4v) is 2.98. The van der Waals surface area contributed by atoms with E-state index in [-0.39, 0.29) is 0 Å². The maximum atomic E-state index is 5.74. The van der Waals surface area contributed by atoms with E-state index < -0.39 is 0 Å². The molecule has 0 bridgehead atoms. The maximum Gasteiger partial charge on any atom is 0.142 e. The molecule has 1 fully saturated rings. The third-order valence-corrected chi connectivity index (χ3v) is 4.15. The summed E-state index contributed by atoms with van der Waals surface area (Å²) in [6.45, 7) is 5.93. The van der Waals surface area contributed by atoms with Gasteiger partial charge in [0.15, 0.2) is 0 Å². The van der Waals surface area contributed by atoms with Crippen molar-refractivity contribution in [1.29, 1.82) is 0 Å². The van der Waals surface area contributed by atoms with E-state index in [2.05, 4.69) is 33.8 Å². The molecule has 2 aromatic rings. The van der Waals surface area contributed by atoms with Crippen molar-refractivity contribution in [3.8, 4) is 5.75 Å². The van der Waals surface area contributed by atoms with Crippen LogP contribution in [0.4, 0.5) is 17.2 Å². The molecule has 5 heteroatoms. The molecule has 1 aromatic heterocycles. The van der Waals surface area contributed by atoms with Crippen LogP contribution < -0.4 is 20.3 Å². The van der Waals surface area contributed by atoms with Gasteiger partial charge in [-0.15, -0.1) is 0 Å². The van der Waals surface area contributed by atoms with Crippen molar-refractivity contribution in [2.45, 2.75) is 6.92 Å². The van der Waals surface area contributed by atoms with Gasteiger partial charge in [-0.05, 0) is 30.7 Å². The Bertz CT molecular complexity index is 651. The van der Waals surface area contributed by atoms with E-state index in [0.717, 1.165) is 37.6 Å². The molecule has 0 amide bonds. The van der Waals surface area contributed by atoms with Crippen molar-refractivity contribution >= 4 is 17.2 Å². The lowest BCUT2D eigenvalue weighted by molar-refractivity contribution is 0.413. The van der Waals surface area contributed by atoms with E-state index in [1.54, 1.807) is 7.11 Å². The molecule has 0 saturated carbocycles. The lowest BCUT2D eigenvalue weighted by Gasteiger charge is -2.38. The minimum absolute atomic E-state index is 0.578. The van der Waals surface area contributed by atoms with Crippen molar-refractivity contribution in [3.63, 3.8) is 0 Å². The summed E-state index contributed by atoms with van der Waals surface area (Å²) in [5.74, 6) is 1.51. The molecule has 0 atom stereocenters. The quantitative estimate of drug-likeness (QED) is 0.942. The zero-order chi connectivity index (χ0) is 15.5. The normalized spacial score (nSPS) is 15.0. The van der Waals surface area contributed by atoms with Crippen LogP contribution in [0, 0.1) is 6.92 Å². The first-order valence-corrected chi connectivity index (χ1v) is 7.54. The smallest absolute Gasteiger partial charge is 0.142 e. The van der Waals surface area contributed by atoms with E-state index in [4.69, 9.17) is 10.5 Å². The van der Waals surface area contributed by atoms with E-state index in [1.807, 2.05) is 24.4 Å². The number of para-hydroxylation sites is 2. The van der Waals surface area contributed by atoms with Gasteiger partial charge in [0.2, 0.25) is 0 Å². The summed E-state index contributed by atoms with van der Waals surface area (Å²) in [6.07, 6.45) is 1.88. The summed E-state index contributed by atoms with van der Waals surface area (Å²) >= 11 is 0. The van der Waals surface area contributed by atoms with E-state index >= 15 is 0 Å². The zero-order valence-electron chi connectivity index (χ0n) is 13.1. The number of anilines is 3. The fourth-order valence-electron chi connectivity index (χ4n) is 2.98. The summed E-state index contributed by atoms with van der Waals surface area (Å²) in [5.41, 5.74) is 9.25. The average molecular weight is 298 g/mol. The van der Waals surface area contributed by atoms with Gasteiger partial charge in [0.25, 0.3) is 0 Å². The van der Waals surface area contributed by atoms with Crippen LogP contribution in [0.2, 0.25) is 0 Å². The molecule has 3 rings (SSSR count). The van der Waals surface area contributed by atoms with Crippen molar-refractivity contribution in [2.75, 3.05) is 48.8 Å². The van der Waals surface area contributed by atoms with Gasteiger partial charge in [0.05, 0.1) is 24.7 Å². The monoisotopic (exact) mass is 298 g/mol. The average Bonchev–Trinajstić information content (AvgIpc) is 2.55. The SMILES string of the molecule is COc1ccccc1N1CCN(c2cnc(N)cc2C)CC1. The minimum atomic E-state index is 0.578. The predicted octanol–water partition coefficient (Wildman–Crippen LogP) is 2.31. The Kier molecular flexibility index (Phi) is 4.04. The molecule has 1 aromatic carbocycles. The maximum absolute atomic E-state index is 5.74. The van der Waals surface area contributed by atoms with Crippen LogP contribution in [0.5, 0.6) is 5.75 Å². The van der Waals surface area contributed by atoms with Gasteiger partial charge >= 0.3 is 0 Å². The number of nitrogens with two attached hydrogens (primary N) is 1. The lowest BCUT2D eigenvalue weighted by atomic mass is 10.2. The van der Waals surface area contributed by atoms with Gasteiger partial charge in [-0.3, -0.25) is 0 Å². The van der Waals surface area contributed by atoms with E-state index in [9.17, 15) is 0 Å². The highest BCUT2D eigenvalue weighted by molar-refractivity contribution is 5.61. The third-order valence-electron chi connectivity index (χ3n) is 4.15. The molecule has 0 aliphatic carbocycles. The van der Waals surface area contributed by atoms with Gasteiger partial charge in [-0.1, -0.05) is 12.1 Å². The van der Waals surface area contributed by atoms with Gasteiger partial charge in [-0.25, -0.2) is 4.98 Å². The number of aryl methyl sites for hydroxylation is 1. The Labute approximate surface area is 131 Å². The Morgan fingerprint density at radius 3 is 2.32 bits per heavy atom. The first-order valence-electron chi connectivity index (χ1n) is 7.54. The molecular weight excluding hydrogens is 276 g/mol. The van der Waals surface area contributed by atoms with Gasteiger partial charge in [0.1, 0.15) is 11.6 Å². The topological polar surface area (TPSA) is 54.6 Å². The van der Waals surface area contributed by atoms with Crippen LogP contribution in [-0.2, 0) is 0 Å². The van der Waals surface area contributed by atoms with Crippen LogP contribution in [-0.4, -0.2) is 38.3 Å². The second-order valence-electron chi connectivity index (χ2n) is 5.54. The standard InChI is InChI=1S/C17H22N4O/c1-13-11-17(18)19-12-15(13)21-9-7-20(8-10-21)14-5-3-4-6-16(14)22-2/h3-6,11-12H,7-10H2,1-2H3,(H2,18,19). The Balaban J connectivity index is 1.72. The summed E-state index contributed by atoms with van der Waals surface area (Å²) in [4.78, 5) is 8.96. The van der Waals surface area contributed by atoms with Gasteiger partial charge in [0, 0.05) is 26.2 Å². The summed E-state index contributed by atoms with van der Waals surface area (Å²) in [6, 6.07) is 10.1. The van der Waals surface area contributed by atoms with E-state index in [0.29, 0.717) is 5.82 Å². The second-order valence-corrected chi connectivity index (χ2v) is 5.54. The molecule has 116 valence electrons. The predicted molar refractivity (Wildman–Crippen MR) is 90.8 cm³/mol. The number of nitrogens with zero attached hydrogens (tertiary/aromatic N) is 3. The Hall–Kier alpha value is -2.43. The Morgan fingerprint density at radius 1 is 1.05 bits per heavy atom. The van der Waals surface area contributed by atoms with Crippen LogP contribution in [0.3, 0.4) is 0 Å². The Morgan fingerprint density at radius 2 is 1.68 bits per heavy atom. The molecule has 1 aliphatic rings. The molecule has 1 aliphatic heterocycles. The molecule has 0 radical (unpaired) electrons. The number of piperazine rings is 1. The molecule has 22 heavy (non-hydrogen) atoms. The second kappa shape index (κ2) is 6.13. The minimum Gasteiger partial charge on any atom is -0.495 e. The number of rotatable bonds is 3. The summed E-state index contributed by atoms with van der Waals surface area (Å²) < 4.78 is 5.46. The van der Waals surface area contributed by atoms with Crippen LogP contribution >= 0.6 is 0 Å². The molecule has 2 N–H and O–H groups in total. The van der Waals surface area contributed by atoms with Crippen molar-refractivity contribution in [3.05, 3.63) is 42.1 Å². The number of benzene rings is 1. The molecule has 0 unspecified atom stereocenters. The van der Waals surface area contributed by atoms with Crippen molar-refractivity contribution < 1.29 is 4.74 Å².